The second-order valence-corrected chi connectivity index (χ2v) is 7.24. The van der Waals surface area contributed by atoms with Crippen molar-refractivity contribution in [3.8, 4) is 0 Å². The third-order valence-corrected chi connectivity index (χ3v) is 5.53. The van der Waals surface area contributed by atoms with Crippen molar-refractivity contribution in [3.05, 3.63) is 70.5 Å². The third kappa shape index (κ3) is 4.26. The largest absolute Gasteiger partial charge is 0.384 e. The zero-order chi connectivity index (χ0) is 18.6. The number of hydrogen-bond donors (Lipinski definition) is 1. The Labute approximate surface area is 159 Å². The van der Waals surface area contributed by atoms with Gasteiger partial charge in [-0.25, -0.2) is 4.39 Å². The SMILES string of the molecule is CC[C@@](O)(c1ccc(F)cc1)[C@H](CN1CCOCC1)c1ccc(Cl)cc1. The molecule has 0 saturated carbocycles. The first-order valence-corrected chi connectivity index (χ1v) is 9.44. The van der Waals surface area contributed by atoms with Crippen LogP contribution in [0.2, 0.25) is 5.02 Å². The molecule has 3 rings (SSSR count). The van der Waals surface area contributed by atoms with Crippen LogP contribution in [0.3, 0.4) is 0 Å². The molecule has 0 aliphatic carbocycles. The van der Waals surface area contributed by atoms with Crippen molar-refractivity contribution in [2.75, 3.05) is 32.8 Å². The van der Waals surface area contributed by atoms with Gasteiger partial charge >= 0.3 is 0 Å². The lowest BCUT2D eigenvalue weighted by Gasteiger charge is -2.40. The number of halogens is 2. The zero-order valence-corrected chi connectivity index (χ0v) is 15.8. The van der Waals surface area contributed by atoms with E-state index in [1.54, 1.807) is 12.1 Å². The Balaban J connectivity index is 1.98. The second kappa shape index (κ2) is 8.49. The molecule has 0 bridgehead atoms. The van der Waals surface area contributed by atoms with Gasteiger partial charge in [0.05, 0.1) is 18.8 Å². The first kappa shape index (κ1) is 19.3. The van der Waals surface area contributed by atoms with E-state index in [4.69, 9.17) is 16.3 Å². The van der Waals surface area contributed by atoms with E-state index < -0.39 is 5.60 Å². The van der Waals surface area contributed by atoms with Crippen LogP contribution in [0.15, 0.2) is 48.5 Å². The van der Waals surface area contributed by atoms with Crippen molar-refractivity contribution >= 4 is 11.6 Å². The van der Waals surface area contributed by atoms with Gasteiger partial charge in [-0.15, -0.1) is 0 Å². The Hall–Kier alpha value is -1.46. The average Bonchev–Trinajstić information content (AvgIpc) is 2.68. The molecule has 0 radical (unpaired) electrons. The van der Waals surface area contributed by atoms with Crippen LogP contribution >= 0.6 is 11.6 Å². The topological polar surface area (TPSA) is 32.7 Å². The van der Waals surface area contributed by atoms with Gasteiger partial charge in [0.1, 0.15) is 5.82 Å². The van der Waals surface area contributed by atoms with Gasteiger partial charge in [-0.05, 0) is 41.8 Å². The summed E-state index contributed by atoms with van der Waals surface area (Å²) in [7, 11) is 0. The summed E-state index contributed by atoms with van der Waals surface area (Å²) in [6.45, 7) is 5.75. The second-order valence-electron chi connectivity index (χ2n) is 6.80. The Morgan fingerprint density at radius 1 is 1.12 bits per heavy atom. The van der Waals surface area contributed by atoms with Gasteiger partial charge in [-0.1, -0.05) is 42.8 Å². The molecule has 0 spiro atoms. The van der Waals surface area contributed by atoms with Gasteiger partial charge in [-0.3, -0.25) is 4.90 Å². The molecule has 2 atom stereocenters. The highest BCUT2D eigenvalue weighted by Crippen LogP contribution is 2.40. The number of morpholine rings is 1. The quantitative estimate of drug-likeness (QED) is 0.819. The fourth-order valence-corrected chi connectivity index (χ4v) is 3.79. The smallest absolute Gasteiger partial charge is 0.123 e. The maximum Gasteiger partial charge on any atom is 0.123 e. The highest BCUT2D eigenvalue weighted by molar-refractivity contribution is 6.30. The summed E-state index contributed by atoms with van der Waals surface area (Å²) in [6.07, 6.45) is 0.524. The highest BCUT2D eigenvalue weighted by Gasteiger charge is 2.39. The molecule has 1 N–H and O–H groups in total. The molecule has 1 fully saturated rings. The molecule has 1 aliphatic rings. The average molecular weight is 378 g/mol. The summed E-state index contributed by atoms with van der Waals surface area (Å²) in [5, 5.41) is 12.3. The van der Waals surface area contributed by atoms with Crippen molar-refractivity contribution in [3.63, 3.8) is 0 Å². The standard InChI is InChI=1S/C21H25ClFNO2/c1-2-21(25,17-5-9-19(23)10-6-17)20(15-24-11-13-26-14-12-24)16-3-7-18(22)8-4-16/h3-10,20,25H,2,11-15H2,1H3/t20-,21-/m1/s1. The van der Waals surface area contributed by atoms with Crippen molar-refractivity contribution in [1.82, 2.24) is 4.90 Å². The molecule has 0 unspecified atom stereocenters. The molecule has 1 aliphatic heterocycles. The van der Waals surface area contributed by atoms with Gasteiger partial charge in [0.2, 0.25) is 0 Å². The van der Waals surface area contributed by atoms with E-state index in [1.807, 2.05) is 31.2 Å². The van der Waals surface area contributed by atoms with Crippen LogP contribution in [0.25, 0.3) is 0 Å². The highest BCUT2D eigenvalue weighted by atomic mass is 35.5. The fourth-order valence-electron chi connectivity index (χ4n) is 3.66. The van der Waals surface area contributed by atoms with Crippen LogP contribution in [0.4, 0.5) is 4.39 Å². The first-order chi connectivity index (χ1) is 12.5. The molecule has 5 heteroatoms. The molecule has 1 heterocycles. The number of hydrogen-bond acceptors (Lipinski definition) is 3. The normalized spacial score (nSPS) is 19.1. The maximum absolute atomic E-state index is 13.4. The molecule has 26 heavy (non-hydrogen) atoms. The van der Waals surface area contributed by atoms with E-state index in [-0.39, 0.29) is 11.7 Å². The number of ether oxygens (including phenoxy) is 1. The monoisotopic (exact) mass is 377 g/mol. The summed E-state index contributed by atoms with van der Waals surface area (Å²) in [6, 6.07) is 13.8. The summed E-state index contributed by atoms with van der Waals surface area (Å²) >= 11 is 6.06. The molecule has 2 aromatic carbocycles. The van der Waals surface area contributed by atoms with Crippen molar-refractivity contribution in [1.29, 1.82) is 0 Å². The number of aliphatic hydroxyl groups is 1. The zero-order valence-electron chi connectivity index (χ0n) is 15.0. The number of rotatable bonds is 6. The van der Waals surface area contributed by atoms with Crippen molar-refractivity contribution < 1.29 is 14.2 Å². The predicted octanol–water partition coefficient (Wildman–Crippen LogP) is 4.19. The van der Waals surface area contributed by atoms with Crippen LogP contribution in [-0.4, -0.2) is 42.9 Å². The van der Waals surface area contributed by atoms with Gasteiger partial charge in [0, 0.05) is 30.6 Å². The third-order valence-electron chi connectivity index (χ3n) is 5.28. The van der Waals surface area contributed by atoms with E-state index in [9.17, 15) is 9.50 Å². The molecule has 2 aromatic rings. The Kier molecular flexibility index (Phi) is 6.30. The lowest BCUT2D eigenvalue weighted by Crippen LogP contribution is -2.44. The molecule has 1 saturated heterocycles. The van der Waals surface area contributed by atoms with Crippen molar-refractivity contribution in [2.24, 2.45) is 0 Å². The van der Waals surface area contributed by atoms with Gasteiger partial charge < -0.3 is 9.84 Å². The fraction of sp³-hybridized carbons (Fsp3) is 0.429. The van der Waals surface area contributed by atoms with Gasteiger partial charge in [0.25, 0.3) is 0 Å². The van der Waals surface area contributed by atoms with E-state index in [0.717, 1.165) is 24.2 Å². The lowest BCUT2D eigenvalue weighted by atomic mass is 9.75. The summed E-state index contributed by atoms with van der Waals surface area (Å²) in [5.41, 5.74) is 0.656. The molecule has 0 aromatic heterocycles. The molecule has 0 amide bonds. The summed E-state index contributed by atoms with van der Waals surface area (Å²) in [5.74, 6) is -0.461. The Morgan fingerprint density at radius 3 is 2.31 bits per heavy atom. The van der Waals surface area contributed by atoms with Crippen LogP contribution < -0.4 is 0 Å². The van der Waals surface area contributed by atoms with Crippen LogP contribution in [-0.2, 0) is 10.3 Å². The minimum Gasteiger partial charge on any atom is -0.384 e. The molecule has 3 nitrogen and oxygen atoms in total. The lowest BCUT2D eigenvalue weighted by molar-refractivity contribution is -0.0250. The minimum atomic E-state index is -1.10. The Bertz CT molecular complexity index is 701. The van der Waals surface area contributed by atoms with E-state index in [1.165, 1.54) is 12.1 Å². The van der Waals surface area contributed by atoms with Crippen LogP contribution in [0, 0.1) is 5.82 Å². The van der Waals surface area contributed by atoms with Gasteiger partial charge in [0.15, 0.2) is 0 Å². The minimum absolute atomic E-state index is 0.159. The van der Waals surface area contributed by atoms with E-state index in [0.29, 0.717) is 31.2 Å². The van der Waals surface area contributed by atoms with E-state index >= 15 is 0 Å². The van der Waals surface area contributed by atoms with Crippen LogP contribution in [0.1, 0.15) is 30.4 Å². The maximum atomic E-state index is 13.4. The predicted molar refractivity (Wildman–Crippen MR) is 102 cm³/mol. The first-order valence-electron chi connectivity index (χ1n) is 9.07. The van der Waals surface area contributed by atoms with Crippen molar-refractivity contribution in [2.45, 2.75) is 24.9 Å². The number of benzene rings is 2. The summed E-state index contributed by atoms with van der Waals surface area (Å²) < 4.78 is 18.9. The van der Waals surface area contributed by atoms with Crippen LogP contribution in [0.5, 0.6) is 0 Å². The van der Waals surface area contributed by atoms with E-state index in [2.05, 4.69) is 4.90 Å². The molecular weight excluding hydrogens is 353 g/mol. The molecule has 140 valence electrons. The summed E-state index contributed by atoms with van der Waals surface area (Å²) in [4.78, 5) is 2.31. The Morgan fingerprint density at radius 2 is 1.73 bits per heavy atom. The molecular formula is C21H25ClFNO2. The number of nitrogens with zero attached hydrogens (tertiary/aromatic N) is 1. The van der Waals surface area contributed by atoms with Gasteiger partial charge in [-0.2, -0.15) is 0 Å².